The summed E-state index contributed by atoms with van der Waals surface area (Å²) in [7, 11) is -1.87. The van der Waals surface area contributed by atoms with E-state index in [2.05, 4.69) is 15.8 Å². The minimum Gasteiger partial charge on any atom is -0.339 e. The molecule has 0 aromatic carbocycles. The molecule has 1 N–H and O–H groups in total. The van der Waals surface area contributed by atoms with Gasteiger partial charge in [-0.25, -0.2) is 18.1 Å². The van der Waals surface area contributed by atoms with Gasteiger partial charge >= 0.3 is 0 Å². The maximum absolute atomic E-state index is 12.5. The molecule has 2 aromatic rings. The van der Waals surface area contributed by atoms with Crippen LogP contribution in [0.2, 0.25) is 0 Å². The van der Waals surface area contributed by atoms with E-state index in [9.17, 15) is 8.42 Å². The Morgan fingerprint density at radius 1 is 1.33 bits per heavy atom. The Morgan fingerprint density at radius 3 is 2.43 bits per heavy atom. The molecule has 0 aliphatic heterocycles. The van der Waals surface area contributed by atoms with Crippen LogP contribution in [0.1, 0.15) is 35.2 Å². The van der Waals surface area contributed by atoms with E-state index in [1.165, 1.54) is 17.4 Å². The van der Waals surface area contributed by atoms with Gasteiger partial charge in [0, 0.05) is 23.0 Å². The van der Waals surface area contributed by atoms with Crippen LogP contribution in [0.25, 0.3) is 0 Å². The summed E-state index contributed by atoms with van der Waals surface area (Å²) in [5.74, 6) is 0.149. The maximum atomic E-state index is 12.5. The molecule has 0 saturated heterocycles. The van der Waals surface area contributed by atoms with Gasteiger partial charge in [-0.3, -0.25) is 0 Å². The van der Waals surface area contributed by atoms with Crippen LogP contribution in [0, 0.1) is 19.8 Å². The Kier molecular flexibility index (Phi) is 4.55. The second-order valence-electron chi connectivity index (χ2n) is 5.59. The number of aryl methyl sites for hydroxylation is 3. The van der Waals surface area contributed by atoms with Gasteiger partial charge in [-0.05, 0) is 31.4 Å². The van der Waals surface area contributed by atoms with Crippen molar-refractivity contribution in [3.05, 3.63) is 33.9 Å². The molecule has 7 heteroatoms. The van der Waals surface area contributed by atoms with Crippen LogP contribution in [0.5, 0.6) is 0 Å². The number of sulfonamides is 1. The molecule has 5 nitrogen and oxygen atoms in total. The standard InChI is InChI=1S/C14H21N3O2S2/c1-9(2)14(12-6-10(3)20-11(12)4)16-21(18,19)13-7-17(5)8-15-13/h6-9,14,16H,1-5H3/t14-/m0/s1. The van der Waals surface area contributed by atoms with Crippen LogP contribution in [-0.4, -0.2) is 18.0 Å². The molecule has 2 rings (SSSR count). The fourth-order valence-corrected chi connectivity index (χ4v) is 4.59. The number of rotatable bonds is 5. The van der Waals surface area contributed by atoms with E-state index in [1.807, 2.05) is 27.7 Å². The Labute approximate surface area is 130 Å². The topological polar surface area (TPSA) is 64.0 Å². The van der Waals surface area contributed by atoms with Crippen molar-refractivity contribution >= 4 is 21.4 Å². The molecule has 0 amide bonds. The SMILES string of the molecule is Cc1cc([C@@H](NS(=O)(=O)c2cn(C)cn2)C(C)C)c(C)s1. The number of aromatic nitrogens is 2. The maximum Gasteiger partial charge on any atom is 0.260 e. The zero-order valence-corrected chi connectivity index (χ0v) is 14.5. The second-order valence-corrected chi connectivity index (χ2v) is 8.71. The van der Waals surface area contributed by atoms with E-state index < -0.39 is 10.0 Å². The first kappa shape index (κ1) is 16.2. The third-order valence-electron chi connectivity index (χ3n) is 3.32. The van der Waals surface area contributed by atoms with Gasteiger partial charge in [-0.1, -0.05) is 13.8 Å². The van der Waals surface area contributed by atoms with Gasteiger partial charge in [-0.15, -0.1) is 11.3 Å². The Bertz CT molecular complexity index is 729. The fraction of sp³-hybridized carbons (Fsp3) is 0.500. The second kappa shape index (κ2) is 5.90. The van der Waals surface area contributed by atoms with Crippen molar-refractivity contribution in [2.24, 2.45) is 13.0 Å². The van der Waals surface area contributed by atoms with Crippen LogP contribution >= 0.6 is 11.3 Å². The lowest BCUT2D eigenvalue weighted by molar-refractivity contribution is 0.461. The molecule has 0 radical (unpaired) electrons. The summed E-state index contributed by atoms with van der Waals surface area (Å²) in [4.78, 5) is 6.27. The molecule has 1 atom stereocenters. The lowest BCUT2D eigenvalue weighted by Crippen LogP contribution is -2.32. The third kappa shape index (κ3) is 3.53. The van der Waals surface area contributed by atoms with Gasteiger partial charge in [0.2, 0.25) is 0 Å². The van der Waals surface area contributed by atoms with Gasteiger partial charge in [-0.2, -0.15) is 0 Å². The van der Waals surface area contributed by atoms with Crippen molar-refractivity contribution < 1.29 is 8.42 Å². The molecule has 0 saturated carbocycles. The largest absolute Gasteiger partial charge is 0.339 e. The van der Waals surface area contributed by atoms with E-state index in [4.69, 9.17) is 0 Å². The number of nitrogens with one attached hydrogen (secondary N) is 1. The van der Waals surface area contributed by atoms with Crippen molar-refractivity contribution in [3.8, 4) is 0 Å². The monoisotopic (exact) mass is 327 g/mol. The molecule has 2 heterocycles. The average Bonchev–Trinajstić information content (AvgIpc) is 2.93. The predicted molar refractivity (Wildman–Crippen MR) is 84.9 cm³/mol. The van der Waals surface area contributed by atoms with Crippen molar-refractivity contribution in [1.29, 1.82) is 0 Å². The number of imidazole rings is 1. The summed E-state index contributed by atoms with van der Waals surface area (Å²) >= 11 is 1.69. The van der Waals surface area contributed by atoms with Crippen molar-refractivity contribution in [3.63, 3.8) is 0 Å². The molecule has 0 bridgehead atoms. The minimum atomic E-state index is -3.62. The van der Waals surface area contributed by atoms with Gasteiger partial charge in [0.05, 0.1) is 12.4 Å². The highest BCUT2D eigenvalue weighted by Crippen LogP contribution is 2.31. The quantitative estimate of drug-likeness (QED) is 0.918. The number of hydrogen-bond donors (Lipinski definition) is 1. The van der Waals surface area contributed by atoms with E-state index in [1.54, 1.807) is 23.0 Å². The molecule has 0 aliphatic carbocycles. The molecule has 2 aromatic heterocycles. The summed E-state index contributed by atoms with van der Waals surface area (Å²) in [5, 5.41) is 0.0558. The first-order valence-electron chi connectivity index (χ1n) is 6.78. The Hall–Kier alpha value is -1.18. The molecular weight excluding hydrogens is 306 g/mol. The zero-order chi connectivity index (χ0) is 15.8. The highest BCUT2D eigenvalue weighted by Gasteiger charge is 2.27. The summed E-state index contributed by atoms with van der Waals surface area (Å²) in [6.45, 7) is 8.08. The smallest absolute Gasteiger partial charge is 0.260 e. The van der Waals surface area contributed by atoms with Gasteiger partial charge in [0.1, 0.15) is 0 Å². The highest BCUT2D eigenvalue weighted by molar-refractivity contribution is 7.89. The Balaban J connectivity index is 2.35. The van der Waals surface area contributed by atoms with E-state index in [0.29, 0.717) is 0 Å². The predicted octanol–water partition coefficient (Wildman–Crippen LogP) is 2.77. The summed E-state index contributed by atoms with van der Waals surface area (Å²) < 4.78 is 29.4. The van der Waals surface area contributed by atoms with Crippen LogP contribution in [-0.2, 0) is 17.1 Å². The van der Waals surface area contributed by atoms with Crippen molar-refractivity contribution in [1.82, 2.24) is 14.3 Å². The summed E-state index contributed by atoms with van der Waals surface area (Å²) in [6.07, 6.45) is 2.99. The molecule has 21 heavy (non-hydrogen) atoms. The molecule has 0 fully saturated rings. The molecule has 0 aliphatic rings. The molecule has 0 spiro atoms. The number of hydrogen-bond acceptors (Lipinski definition) is 4. The van der Waals surface area contributed by atoms with Crippen LogP contribution < -0.4 is 4.72 Å². The minimum absolute atomic E-state index is 0.0558. The molecule has 116 valence electrons. The number of thiophene rings is 1. The van der Waals surface area contributed by atoms with Gasteiger partial charge in [0.15, 0.2) is 5.03 Å². The van der Waals surface area contributed by atoms with E-state index in [-0.39, 0.29) is 17.0 Å². The fourth-order valence-electron chi connectivity index (χ4n) is 2.27. The first-order valence-corrected chi connectivity index (χ1v) is 9.08. The van der Waals surface area contributed by atoms with Gasteiger partial charge < -0.3 is 4.57 Å². The van der Waals surface area contributed by atoms with Gasteiger partial charge in [0.25, 0.3) is 10.0 Å². The normalized spacial score (nSPS) is 13.8. The summed E-state index contributed by atoms with van der Waals surface area (Å²) in [6, 6.07) is 1.81. The Morgan fingerprint density at radius 2 is 2.00 bits per heavy atom. The average molecular weight is 327 g/mol. The first-order chi connectivity index (χ1) is 9.70. The van der Waals surface area contributed by atoms with Crippen molar-refractivity contribution in [2.45, 2.75) is 38.8 Å². The zero-order valence-electron chi connectivity index (χ0n) is 12.9. The lowest BCUT2D eigenvalue weighted by atomic mass is 9.97. The van der Waals surface area contributed by atoms with E-state index >= 15 is 0 Å². The van der Waals surface area contributed by atoms with Crippen molar-refractivity contribution in [2.75, 3.05) is 0 Å². The molecular formula is C14H21N3O2S2. The van der Waals surface area contributed by atoms with E-state index in [0.717, 1.165) is 10.4 Å². The highest BCUT2D eigenvalue weighted by atomic mass is 32.2. The van der Waals surface area contributed by atoms with Crippen LogP contribution in [0.3, 0.4) is 0 Å². The lowest BCUT2D eigenvalue weighted by Gasteiger charge is -2.22. The van der Waals surface area contributed by atoms with Crippen LogP contribution in [0.4, 0.5) is 0 Å². The third-order valence-corrected chi connectivity index (χ3v) is 5.63. The summed E-state index contributed by atoms with van der Waals surface area (Å²) in [5.41, 5.74) is 1.05. The molecule has 0 unspecified atom stereocenters. The number of nitrogens with zero attached hydrogens (tertiary/aromatic N) is 2. The van der Waals surface area contributed by atoms with Crippen LogP contribution in [0.15, 0.2) is 23.6 Å².